The third-order valence-corrected chi connectivity index (χ3v) is 4.51. The van der Waals surface area contributed by atoms with Gasteiger partial charge in [0.25, 0.3) is 5.91 Å². The van der Waals surface area contributed by atoms with E-state index in [4.69, 9.17) is 20.0 Å². The number of hydrogen-bond donors (Lipinski definition) is 0. The summed E-state index contributed by atoms with van der Waals surface area (Å²) >= 11 is 0. The molecule has 1 fully saturated rings. The van der Waals surface area contributed by atoms with Gasteiger partial charge in [-0.3, -0.25) is 4.79 Å². The molecular weight excluding hydrogens is 418 g/mol. The minimum Gasteiger partial charge on any atom is -0.489 e. The van der Waals surface area contributed by atoms with Gasteiger partial charge in [-0.25, -0.2) is 9.29 Å². The highest BCUT2D eigenvalue weighted by molar-refractivity contribution is 6.04. The summed E-state index contributed by atoms with van der Waals surface area (Å²) in [6.07, 6.45) is -4.81. The molecule has 0 saturated carbocycles. The number of ether oxygens (including phenoxy) is 2. The summed E-state index contributed by atoms with van der Waals surface area (Å²) in [6, 6.07) is 9.39. The highest BCUT2D eigenvalue weighted by Crippen LogP contribution is 2.39. The van der Waals surface area contributed by atoms with E-state index in [0.717, 1.165) is 17.0 Å². The number of halogens is 4. The lowest BCUT2D eigenvalue weighted by Crippen LogP contribution is -2.43. The fraction of sp³-hybridized carbons (Fsp3) is 0.190. The van der Waals surface area contributed by atoms with Crippen molar-refractivity contribution in [2.75, 3.05) is 11.5 Å². The third kappa shape index (κ3) is 4.01. The summed E-state index contributed by atoms with van der Waals surface area (Å²) in [5.41, 5.74) is -3.83. The van der Waals surface area contributed by atoms with Gasteiger partial charge in [0.15, 0.2) is 5.88 Å². The lowest BCUT2D eigenvalue weighted by Gasteiger charge is -2.21. The molecule has 10 heteroatoms. The average molecular weight is 431 g/mol. The van der Waals surface area contributed by atoms with Gasteiger partial charge in [-0.05, 0) is 43.8 Å². The zero-order chi connectivity index (χ0) is 23.0. The lowest BCUT2D eigenvalue weighted by atomic mass is 10.0. The van der Waals surface area contributed by atoms with Crippen LogP contribution in [0, 0.1) is 28.5 Å². The molecule has 1 saturated heterocycles. The Morgan fingerprint density at radius 3 is 2.39 bits per heavy atom. The molecule has 0 aromatic heterocycles. The van der Waals surface area contributed by atoms with Crippen LogP contribution >= 0.6 is 0 Å². The summed E-state index contributed by atoms with van der Waals surface area (Å²) in [4.78, 5) is 13.8. The standard InChI is InChI=1S/C21H13F4N3O3/c1-12-28(15-5-3-13(9-26)17(7-15)21(23,24)25)19(29)20(2,31-12)11-30-16-6-4-14(10-27)18(22)8-16/h3-8H,1,11H2,2H3. The van der Waals surface area contributed by atoms with E-state index in [-0.39, 0.29) is 22.9 Å². The molecule has 31 heavy (non-hydrogen) atoms. The van der Waals surface area contributed by atoms with Crippen molar-refractivity contribution in [2.24, 2.45) is 0 Å². The Hall–Kier alpha value is -4.05. The molecule has 1 amide bonds. The van der Waals surface area contributed by atoms with Crippen LogP contribution < -0.4 is 9.64 Å². The first kappa shape index (κ1) is 21.7. The van der Waals surface area contributed by atoms with E-state index >= 15 is 0 Å². The monoisotopic (exact) mass is 431 g/mol. The Balaban J connectivity index is 1.86. The number of carbonyl (C=O) groups is 1. The van der Waals surface area contributed by atoms with Crippen LogP contribution in [0.25, 0.3) is 0 Å². The van der Waals surface area contributed by atoms with E-state index in [1.165, 1.54) is 31.2 Å². The molecule has 1 aliphatic rings. The van der Waals surface area contributed by atoms with Gasteiger partial charge in [0.05, 0.1) is 28.4 Å². The van der Waals surface area contributed by atoms with Crippen molar-refractivity contribution in [3.8, 4) is 17.9 Å². The summed E-state index contributed by atoms with van der Waals surface area (Å²) in [7, 11) is 0. The number of anilines is 1. The first-order valence-electron chi connectivity index (χ1n) is 8.66. The first-order valence-corrected chi connectivity index (χ1v) is 8.66. The van der Waals surface area contributed by atoms with Crippen molar-refractivity contribution in [3.63, 3.8) is 0 Å². The predicted octanol–water partition coefficient (Wildman–Crippen LogP) is 4.26. The van der Waals surface area contributed by atoms with Crippen LogP contribution in [0.5, 0.6) is 5.75 Å². The third-order valence-electron chi connectivity index (χ3n) is 4.51. The van der Waals surface area contributed by atoms with E-state index in [0.29, 0.717) is 6.07 Å². The van der Waals surface area contributed by atoms with Crippen molar-refractivity contribution in [2.45, 2.75) is 18.7 Å². The van der Waals surface area contributed by atoms with Crippen LogP contribution in [0.3, 0.4) is 0 Å². The molecule has 2 aromatic rings. The minimum atomic E-state index is -4.81. The van der Waals surface area contributed by atoms with E-state index in [2.05, 4.69) is 6.58 Å². The molecule has 3 rings (SSSR count). The second-order valence-corrected chi connectivity index (χ2v) is 6.75. The molecule has 1 aliphatic heterocycles. The molecule has 6 nitrogen and oxygen atoms in total. The number of benzene rings is 2. The van der Waals surface area contributed by atoms with Crippen LogP contribution in [-0.2, 0) is 15.7 Å². The number of carbonyl (C=O) groups excluding carboxylic acids is 1. The fourth-order valence-electron chi connectivity index (χ4n) is 2.95. The minimum absolute atomic E-state index is 0.0240. The second kappa shape index (κ2) is 7.65. The maximum absolute atomic E-state index is 13.7. The molecular formula is C21H13F4N3O3. The molecule has 0 spiro atoms. The van der Waals surface area contributed by atoms with Gasteiger partial charge < -0.3 is 9.47 Å². The zero-order valence-corrected chi connectivity index (χ0v) is 16.0. The number of nitrogens with zero attached hydrogens (tertiary/aromatic N) is 3. The van der Waals surface area contributed by atoms with Crippen LogP contribution in [0.1, 0.15) is 23.6 Å². The molecule has 158 valence electrons. The quantitative estimate of drug-likeness (QED) is 0.676. The van der Waals surface area contributed by atoms with Crippen LogP contribution in [0.15, 0.2) is 48.9 Å². The largest absolute Gasteiger partial charge is 0.489 e. The molecule has 0 bridgehead atoms. The van der Waals surface area contributed by atoms with Gasteiger partial charge in [0, 0.05) is 6.07 Å². The zero-order valence-electron chi connectivity index (χ0n) is 16.0. The van der Waals surface area contributed by atoms with Crippen molar-refractivity contribution >= 4 is 11.6 Å². The van der Waals surface area contributed by atoms with E-state index in [1.54, 1.807) is 6.07 Å². The maximum Gasteiger partial charge on any atom is 0.417 e. The lowest BCUT2D eigenvalue weighted by molar-refractivity contribution is -0.138. The maximum atomic E-state index is 13.7. The fourth-order valence-corrected chi connectivity index (χ4v) is 2.95. The number of alkyl halides is 3. The highest BCUT2D eigenvalue weighted by Gasteiger charge is 2.49. The Morgan fingerprint density at radius 2 is 1.81 bits per heavy atom. The number of rotatable bonds is 4. The molecule has 1 unspecified atom stereocenters. The van der Waals surface area contributed by atoms with E-state index in [1.807, 2.05) is 0 Å². The SMILES string of the molecule is C=C1OC(C)(COc2ccc(C#N)c(F)c2)C(=O)N1c1ccc(C#N)c(C(F)(F)F)c1. The summed E-state index contributed by atoms with van der Waals surface area (Å²) in [5, 5.41) is 17.7. The summed E-state index contributed by atoms with van der Waals surface area (Å²) in [5.74, 6) is -1.78. The molecule has 1 heterocycles. The van der Waals surface area contributed by atoms with Gasteiger partial charge in [0.1, 0.15) is 24.2 Å². The highest BCUT2D eigenvalue weighted by atomic mass is 19.4. The Bertz CT molecular complexity index is 1160. The van der Waals surface area contributed by atoms with Crippen LogP contribution in [0.4, 0.5) is 23.2 Å². The molecule has 2 aromatic carbocycles. The predicted molar refractivity (Wildman–Crippen MR) is 98.9 cm³/mol. The second-order valence-electron chi connectivity index (χ2n) is 6.75. The van der Waals surface area contributed by atoms with Crippen LogP contribution in [-0.4, -0.2) is 18.1 Å². The molecule has 1 atom stereocenters. The summed E-state index contributed by atoms with van der Waals surface area (Å²) in [6.45, 7) is 4.50. The first-order chi connectivity index (χ1) is 14.5. The van der Waals surface area contributed by atoms with Crippen molar-refractivity contribution < 1.29 is 31.8 Å². The van der Waals surface area contributed by atoms with Crippen LogP contribution in [0.2, 0.25) is 0 Å². The Labute approximate surface area is 174 Å². The number of amides is 1. The number of nitriles is 2. The van der Waals surface area contributed by atoms with Gasteiger partial charge in [-0.2, -0.15) is 23.7 Å². The average Bonchev–Trinajstić information content (AvgIpc) is 2.94. The van der Waals surface area contributed by atoms with Gasteiger partial charge in [0.2, 0.25) is 5.60 Å². The van der Waals surface area contributed by atoms with Crippen molar-refractivity contribution in [1.29, 1.82) is 10.5 Å². The number of hydrogen-bond acceptors (Lipinski definition) is 5. The van der Waals surface area contributed by atoms with Crippen molar-refractivity contribution in [1.82, 2.24) is 0 Å². The van der Waals surface area contributed by atoms with Gasteiger partial charge in [-0.15, -0.1) is 0 Å². The van der Waals surface area contributed by atoms with Gasteiger partial charge in [-0.1, -0.05) is 0 Å². The Kier molecular flexibility index (Phi) is 5.34. The topological polar surface area (TPSA) is 86.3 Å². The molecule has 0 N–H and O–H groups in total. The summed E-state index contributed by atoms with van der Waals surface area (Å²) < 4.78 is 64.4. The van der Waals surface area contributed by atoms with Gasteiger partial charge >= 0.3 is 6.18 Å². The smallest absolute Gasteiger partial charge is 0.417 e. The molecule has 0 radical (unpaired) electrons. The Morgan fingerprint density at radius 1 is 1.16 bits per heavy atom. The normalized spacial score (nSPS) is 18.4. The van der Waals surface area contributed by atoms with E-state index < -0.39 is 41.2 Å². The van der Waals surface area contributed by atoms with E-state index in [9.17, 15) is 22.4 Å². The molecule has 0 aliphatic carbocycles. The van der Waals surface area contributed by atoms with Crippen molar-refractivity contribution in [3.05, 3.63) is 71.4 Å².